The van der Waals surface area contributed by atoms with Crippen LogP contribution in [0.25, 0.3) is 10.9 Å². The van der Waals surface area contributed by atoms with Gasteiger partial charge in [-0.05, 0) is 18.8 Å². The summed E-state index contributed by atoms with van der Waals surface area (Å²) in [5.41, 5.74) is 1.05. The molecule has 0 unspecified atom stereocenters. The number of hydrogen-bond acceptors (Lipinski definition) is 9. The van der Waals surface area contributed by atoms with Crippen LogP contribution in [0.3, 0.4) is 0 Å². The second-order valence-corrected chi connectivity index (χ2v) is 10.3. The molecule has 2 aliphatic heterocycles. The molecular weight excluding hydrogens is 484 g/mol. The number of aromatic nitrogens is 5. The lowest BCUT2D eigenvalue weighted by Gasteiger charge is -2.35. The Balaban J connectivity index is 1.34. The van der Waals surface area contributed by atoms with Crippen molar-refractivity contribution in [1.82, 2.24) is 34.9 Å². The van der Waals surface area contributed by atoms with Crippen LogP contribution in [-0.4, -0.2) is 95.2 Å². The number of fused-ring (bicyclic) bond motifs is 1. The van der Waals surface area contributed by atoms with Crippen molar-refractivity contribution in [2.45, 2.75) is 33.2 Å². The van der Waals surface area contributed by atoms with Crippen molar-refractivity contribution in [2.75, 3.05) is 74.6 Å². The minimum absolute atomic E-state index is 0.0531. The van der Waals surface area contributed by atoms with E-state index in [-0.39, 0.29) is 6.03 Å². The number of urea groups is 1. The Kier molecular flexibility index (Phi) is 8.06. The van der Waals surface area contributed by atoms with Crippen LogP contribution in [0, 0.1) is 5.92 Å². The number of anilines is 4. The smallest absolute Gasteiger partial charge is 0.317 e. The van der Waals surface area contributed by atoms with Crippen molar-refractivity contribution in [3.63, 3.8) is 0 Å². The van der Waals surface area contributed by atoms with E-state index in [0.717, 1.165) is 61.0 Å². The first-order chi connectivity index (χ1) is 18.5. The van der Waals surface area contributed by atoms with E-state index in [0.29, 0.717) is 51.1 Å². The number of pyridine rings is 1. The summed E-state index contributed by atoms with van der Waals surface area (Å²) in [7, 11) is 1.63. The first kappa shape index (κ1) is 26.0. The first-order valence-corrected chi connectivity index (χ1v) is 13.5. The number of nitrogens with zero attached hydrogens (tertiary/aromatic N) is 8. The summed E-state index contributed by atoms with van der Waals surface area (Å²) in [6.07, 6.45) is 6.00. The van der Waals surface area contributed by atoms with Gasteiger partial charge in [0.1, 0.15) is 17.5 Å². The molecule has 38 heavy (non-hydrogen) atoms. The van der Waals surface area contributed by atoms with Crippen LogP contribution >= 0.6 is 0 Å². The molecule has 2 fully saturated rings. The maximum absolute atomic E-state index is 12.4. The number of rotatable bonds is 9. The van der Waals surface area contributed by atoms with Crippen molar-refractivity contribution in [1.29, 1.82) is 0 Å². The van der Waals surface area contributed by atoms with E-state index in [1.54, 1.807) is 7.11 Å². The van der Waals surface area contributed by atoms with E-state index in [2.05, 4.69) is 44.4 Å². The van der Waals surface area contributed by atoms with Gasteiger partial charge in [-0.15, -0.1) is 0 Å². The predicted octanol–water partition coefficient (Wildman–Crippen LogP) is 2.70. The Morgan fingerprint density at radius 2 is 1.79 bits per heavy atom. The Labute approximate surface area is 223 Å². The number of piperazine rings is 1. The van der Waals surface area contributed by atoms with Crippen LogP contribution in [0.5, 0.6) is 0 Å². The molecule has 0 radical (unpaired) electrons. The molecule has 2 amide bonds. The van der Waals surface area contributed by atoms with E-state index in [1.165, 1.54) is 0 Å². The SMILES string of the molecule is COCCNC(=O)N1CCN(c2cc(Nc3cc4c(cn3)cnn4CC(C)C)nc(N3CCCC3)n2)CC1. The average Bonchev–Trinajstić information content (AvgIpc) is 3.59. The zero-order valence-electron chi connectivity index (χ0n) is 22.6. The molecule has 5 heterocycles. The molecule has 3 aromatic rings. The van der Waals surface area contributed by atoms with Gasteiger partial charge in [0.25, 0.3) is 0 Å². The van der Waals surface area contributed by atoms with Crippen molar-refractivity contribution in [3.8, 4) is 0 Å². The van der Waals surface area contributed by atoms with Gasteiger partial charge in [0, 0.05) is 83.2 Å². The molecule has 2 N–H and O–H groups in total. The zero-order valence-corrected chi connectivity index (χ0v) is 22.6. The molecule has 3 aromatic heterocycles. The van der Waals surface area contributed by atoms with Gasteiger partial charge >= 0.3 is 6.03 Å². The van der Waals surface area contributed by atoms with E-state index in [1.807, 2.05) is 34.1 Å². The third-order valence-corrected chi connectivity index (χ3v) is 6.88. The van der Waals surface area contributed by atoms with Gasteiger partial charge in [-0.1, -0.05) is 13.8 Å². The topological polar surface area (TPSA) is 117 Å². The molecule has 204 valence electrons. The summed E-state index contributed by atoms with van der Waals surface area (Å²) < 4.78 is 7.05. The van der Waals surface area contributed by atoms with Crippen LogP contribution in [0.15, 0.2) is 24.5 Å². The van der Waals surface area contributed by atoms with Crippen molar-refractivity contribution in [2.24, 2.45) is 5.92 Å². The summed E-state index contributed by atoms with van der Waals surface area (Å²) in [6.45, 7) is 10.8. The second kappa shape index (κ2) is 11.8. The highest BCUT2D eigenvalue weighted by Gasteiger charge is 2.24. The van der Waals surface area contributed by atoms with Gasteiger partial charge in [0.15, 0.2) is 0 Å². The number of carbonyl (C=O) groups is 1. The molecule has 2 aliphatic rings. The summed E-state index contributed by atoms with van der Waals surface area (Å²) >= 11 is 0. The molecule has 0 saturated carbocycles. The monoisotopic (exact) mass is 522 g/mol. The Hall–Kier alpha value is -3.67. The Morgan fingerprint density at radius 1 is 1.00 bits per heavy atom. The number of hydrogen-bond donors (Lipinski definition) is 2. The molecule has 12 heteroatoms. The fourth-order valence-corrected chi connectivity index (χ4v) is 4.88. The molecule has 2 saturated heterocycles. The summed E-state index contributed by atoms with van der Waals surface area (Å²) in [5, 5.41) is 11.9. The van der Waals surface area contributed by atoms with Gasteiger partial charge < -0.3 is 30.1 Å². The van der Waals surface area contributed by atoms with Gasteiger partial charge in [-0.25, -0.2) is 9.78 Å². The molecule has 12 nitrogen and oxygen atoms in total. The van der Waals surface area contributed by atoms with Gasteiger partial charge in [-0.2, -0.15) is 15.1 Å². The lowest BCUT2D eigenvalue weighted by molar-refractivity contribution is 0.177. The largest absolute Gasteiger partial charge is 0.383 e. The quantitative estimate of drug-likeness (QED) is 0.409. The lowest BCUT2D eigenvalue weighted by Crippen LogP contribution is -2.52. The summed E-state index contributed by atoms with van der Waals surface area (Å²) in [5.74, 6) is 3.51. The minimum atomic E-state index is -0.0531. The molecule has 0 aliphatic carbocycles. The standard InChI is InChI=1S/C26H38N10O2/c1-19(2)18-36-21-14-22(28-16-20(21)17-29-36)30-23-15-24(32-25(31-23)34-7-4-5-8-34)33-9-11-35(12-10-33)26(37)27-6-13-38-3/h14-17,19H,4-13,18H2,1-3H3,(H,27,37)(H,28,30,31,32). The number of methoxy groups -OCH3 is 1. The number of carbonyl (C=O) groups excluding carboxylic acids is 1. The first-order valence-electron chi connectivity index (χ1n) is 13.5. The van der Waals surface area contributed by atoms with Gasteiger partial charge in [-0.3, -0.25) is 4.68 Å². The Bertz CT molecular complexity index is 1230. The molecule has 0 atom stereocenters. The van der Waals surface area contributed by atoms with E-state index >= 15 is 0 Å². The van der Waals surface area contributed by atoms with Crippen LogP contribution in [0.4, 0.5) is 28.2 Å². The van der Waals surface area contributed by atoms with Gasteiger partial charge in [0.05, 0.1) is 18.3 Å². The van der Waals surface area contributed by atoms with Crippen LogP contribution < -0.4 is 20.4 Å². The molecule has 5 rings (SSSR count). The minimum Gasteiger partial charge on any atom is -0.383 e. The van der Waals surface area contributed by atoms with Crippen LogP contribution in [0.1, 0.15) is 26.7 Å². The van der Waals surface area contributed by atoms with Crippen molar-refractivity contribution < 1.29 is 9.53 Å². The third-order valence-electron chi connectivity index (χ3n) is 6.88. The second-order valence-electron chi connectivity index (χ2n) is 10.3. The highest BCUT2D eigenvalue weighted by atomic mass is 16.5. The van der Waals surface area contributed by atoms with E-state index in [9.17, 15) is 4.79 Å². The fraction of sp³-hybridized carbons (Fsp3) is 0.577. The van der Waals surface area contributed by atoms with Crippen molar-refractivity contribution in [3.05, 3.63) is 24.5 Å². The highest BCUT2D eigenvalue weighted by molar-refractivity contribution is 5.81. The molecular formula is C26H38N10O2. The maximum Gasteiger partial charge on any atom is 0.317 e. The lowest BCUT2D eigenvalue weighted by atomic mass is 10.2. The highest BCUT2D eigenvalue weighted by Crippen LogP contribution is 2.26. The number of amides is 2. The zero-order chi connectivity index (χ0) is 26.5. The average molecular weight is 523 g/mol. The third kappa shape index (κ3) is 6.07. The van der Waals surface area contributed by atoms with Gasteiger partial charge in [0.2, 0.25) is 5.95 Å². The van der Waals surface area contributed by atoms with E-state index in [4.69, 9.17) is 14.7 Å². The Morgan fingerprint density at radius 3 is 2.53 bits per heavy atom. The number of nitrogens with one attached hydrogen (secondary N) is 2. The van der Waals surface area contributed by atoms with Crippen LogP contribution in [0.2, 0.25) is 0 Å². The molecule has 0 bridgehead atoms. The van der Waals surface area contributed by atoms with Crippen molar-refractivity contribution >= 4 is 40.3 Å². The van der Waals surface area contributed by atoms with E-state index < -0.39 is 0 Å². The fourth-order valence-electron chi connectivity index (χ4n) is 4.88. The predicted molar refractivity (Wildman–Crippen MR) is 148 cm³/mol. The molecule has 0 aromatic carbocycles. The maximum atomic E-state index is 12.4. The number of ether oxygens (including phenoxy) is 1. The molecule has 0 spiro atoms. The summed E-state index contributed by atoms with van der Waals surface area (Å²) in [6, 6.07) is 3.96. The van der Waals surface area contributed by atoms with Crippen LogP contribution in [-0.2, 0) is 11.3 Å². The summed E-state index contributed by atoms with van der Waals surface area (Å²) in [4.78, 5) is 33.1. The normalized spacial score (nSPS) is 16.1.